The van der Waals surface area contributed by atoms with Gasteiger partial charge in [-0.05, 0) is 22.9 Å². The van der Waals surface area contributed by atoms with E-state index in [0.717, 1.165) is 0 Å². The lowest BCUT2D eigenvalue weighted by molar-refractivity contribution is -0.147. The van der Waals surface area contributed by atoms with Gasteiger partial charge in [-0.25, -0.2) is 9.18 Å². The summed E-state index contributed by atoms with van der Waals surface area (Å²) < 4.78 is 21.3. The zero-order valence-corrected chi connectivity index (χ0v) is 7.77. The van der Waals surface area contributed by atoms with Gasteiger partial charge in [0.05, 0.1) is 6.61 Å². The average Bonchev–Trinajstić information content (AvgIpc) is 1.97. The summed E-state index contributed by atoms with van der Waals surface area (Å²) in [6.45, 7) is 2.79. The lowest BCUT2D eigenvalue weighted by atomic mass is 10.7. The number of hydrogen-bond donors (Lipinski definition) is 0. The molecular formula is C6H10BrFO3. The number of esters is 1. The van der Waals surface area contributed by atoms with E-state index < -0.39 is 11.1 Å². The Kier molecular flexibility index (Phi) is 6.45. The van der Waals surface area contributed by atoms with Crippen molar-refractivity contribution in [3.05, 3.63) is 0 Å². The highest BCUT2D eigenvalue weighted by Crippen LogP contribution is 2.02. The number of halogens is 2. The van der Waals surface area contributed by atoms with Gasteiger partial charge in [0.1, 0.15) is 6.61 Å². The molecule has 0 fully saturated rings. The molecule has 0 rings (SSSR count). The van der Waals surface area contributed by atoms with Crippen LogP contribution in [0.3, 0.4) is 0 Å². The predicted molar refractivity (Wildman–Crippen MR) is 41.3 cm³/mol. The maximum atomic E-state index is 12.0. The van der Waals surface area contributed by atoms with Gasteiger partial charge in [-0.2, -0.15) is 0 Å². The molecule has 0 aliphatic carbocycles. The second-order valence-electron chi connectivity index (χ2n) is 1.67. The minimum atomic E-state index is -1.73. The Hall–Kier alpha value is -0.160. The smallest absolute Gasteiger partial charge is 0.352 e. The average molecular weight is 229 g/mol. The molecule has 11 heavy (non-hydrogen) atoms. The van der Waals surface area contributed by atoms with Crippen LogP contribution in [0.25, 0.3) is 0 Å². The van der Waals surface area contributed by atoms with Gasteiger partial charge in [0.25, 0.3) is 5.08 Å². The Balaban J connectivity index is 3.18. The summed E-state index contributed by atoms with van der Waals surface area (Å²) in [6.07, 6.45) is 0. The first-order chi connectivity index (χ1) is 5.18. The van der Waals surface area contributed by atoms with Crippen LogP contribution in [0.2, 0.25) is 0 Å². The van der Waals surface area contributed by atoms with Crippen molar-refractivity contribution < 1.29 is 18.7 Å². The number of ether oxygens (including phenoxy) is 2. The van der Waals surface area contributed by atoms with Crippen molar-refractivity contribution in [2.24, 2.45) is 0 Å². The van der Waals surface area contributed by atoms with Crippen LogP contribution in [-0.4, -0.2) is 30.9 Å². The molecule has 0 aliphatic heterocycles. The molecule has 0 aromatic carbocycles. The summed E-state index contributed by atoms with van der Waals surface area (Å²) in [5.74, 6) is -0.912. The number of carbonyl (C=O) groups is 1. The molecule has 0 heterocycles. The SMILES string of the molecule is CCOCCOC(=O)C(F)Br. The molecule has 0 aliphatic rings. The molecule has 0 radical (unpaired) electrons. The summed E-state index contributed by atoms with van der Waals surface area (Å²) >= 11 is 2.43. The largest absolute Gasteiger partial charge is 0.460 e. The first-order valence-corrected chi connectivity index (χ1v) is 4.12. The summed E-state index contributed by atoms with van der Waals surface area (Å²) in [5.41, 5.74) is 0. The molecule has 0 bridgehead atoms. The van der Waals surface area contributed by atoms with Crippen molar-refractivity contribution in [1.29, 1.82) is 0 Å². The molecule has 0 spiro atoms. The molecule has 3 nitrogen and oxygen atoms in total. The van der Waals surface area contributed by atoms with Crippen LogP contribution in [-0.2, 0) is 14.3 Å². The minimum Gasteiger partial charge on any atom is -0.460 e. The molecular weight excluding hydrogens is 219 g/mol. The van der Waals surface area contributed by atoms with E-state index >= 15 is 0 Å². The van der Waals surface area contributed by atoms with E-state index in [-0.39, 0.29) is 6.61 Å². The minimum absolute atomic E-state index is 0.0959. The first-order valence-electron chi connectivity index (χ1n) is 3.21. The van der Waals surface area contributed by atoms with Gasteiger partial charge in [0.2, 0.25) is 0 Å². The van der Waals surface area contributed by atoms with Crippen molar-refractivity contribution in [3.8, 4) is 0 Å². The van der Waals surface area contributed by atoms with Gasteiger partial charge in [-0.1, -0.05) is 0 Å². The maximum Gasteiger partial charge on any atom is 0.352 e. The Morgan fingerprint density at radius 3 is 2.73 bits per heavy atom. The molecule has 0 aromatic heterocycles. The zero-order chi connectivity index (χ0) is 8.69. The van der Waals surface area contributed by atoms with Crippen LogP contribution in [0.15, 0.2) is 0 Å². The summed E-state index contributed by atoms with van der Waals surface area (Å²) in [7, 11) is 0. The van der Waals surface area contributed by atoms with E-state index in [1.165, 1.54) is 0 Å². The fraction of sp³-hybridized carbons (Fsp3) is 0.833. The second-order valence-corrected chi connectivity index (χ2v) is 2.47. The van der Waals surface area contributed by atoms with Crippen LogP contribution in [0.5, 0.6) is 0 Å². The van der Waals surface area contributed by atoms with E-state index in [1.54, 1.807) is 0 Å². The lowest BCUT2D eigenvalue weighted by Gasteiger charge is -2.03. The van der Waals surface area contributed by atoms with Gasteiger partial charge in [-0.15, -0.1) is 0 Å². The van der Waals surface area contributed by atoms with E-state index in [9.17, 15) is 9.18 Å². The summed E-state index contributed by atoms with van der Waals surface area (Å²) in [4.78, 5) is 10.4. The summed E-state index contributed by atoms with van der Waals surface area (Å²) in [5, 5.41) is -1.73. The highest BCUT2D eigenvalue weighted by Gasteiger charge is 2.13. The van der Waals surface area contributed by atoms with E-state index in [2.05, 4.69) is 20.7 Å². The normalized spacial score (nSPS) is 12.6. The molecule has 0 saturated carbocycles. The van der Waals surface area contributed by atoms with Crippen LogP contribution in [0, 0.1) is 0 Å². The highest BCUT2D eigenvalue weighted by molar-refractivity contribution is 9.09. The van der Waals surface area contributed by atoms with Gasteiger partial charge < -0.3 is 9.47 Å². The molecule has 5 heteroatoms. The third-order valence-electron chi connectivity index (χ3n) is 0.854. The molecule has 0 N–H and O–H groups in total. The maximum absolute atomic E-state index is 12.0. The zero-order valence-electron chi connectivity index (χ0n) is 6.18. The fourth-order valence-corrected chi connectivity index (χ4v) is 0.541. The van der Waals surface area contributed by atoms with E-state index in [4.69, 9.17) is 4.74 Å². The van der Waals surface area contributed by atoms with Crippen LogP contribution < -0.4 is 0 Å². The Morgan fingerprint density at radius 2 is 2.27 bits per heavy atom. The molecule has 0 aromatic rings. The lowest BCUT2D eigenvalue weighted by Crippen LogP contribution is -2.16. The monoisotopic (exact) mass is 228 g/mol. The second kappa shape index (κ2) is 6.54. The van der Waals surface area contributed by atoms with Crippen molar-refractivity contribution in [2.45, 2.75) is 12.0 Å². The van der Waals surface area contributed by atoms with Gasteiger partial charge in [-0.3, -0.25) is 0 Å². The van der Waals surface area contributed by atoms with Crippen LogP contribution in [0.1, 0.15) is 6.92 Å². The number of carbonyl (C=O) groups excluding carboxylic acids is 1. The Bertz CT molecular complexity index is 118. The van der Waals surface area contributed by atoms with Crippen molar-refractivity contribution in [1.82, 2.24) is 0 Å². The van der Waals surface area contributed by atoms with Crippen LogP contribution >= 0.6 is 15.9 Å². The van der Waals surface area contributed by atoms with Gasteiger partial charge >= 0.3 is 5.97 Å². The molecule has 0 amide bonds. The molecule has 1 unspecified atom stereocenters. The van der Waals surface area contributed by atoms with Crippen molar-refractivity contribution >= 4 is 21.9 Å². The van der Waals surface area contributed by atoms with Crippen molar-refractivity contribution in [3.63, 3.8) is 0 Å². The molecule has 66 valence electrons. The van der Waals surface area contributed by atoms with Gasteiger partial charge in [0, 0.05) is 6.61 Å². The summed E-state index contributed by atoms with van der Waals surface area (Å²) in [6, 6.07) is 0. The Morgan fingerprint density at radius 1 is 1.64 bits per heavy atom. The van der Waals surface area contributed by atoms with Crippen molar-refractivity contribution in [2.75, 3.05) is 19.8 Å². The van der Waals surface area contributed by atoms with Crippen LogP contribution in [0.4, 0.5) is 4.39 Å². The number of alkyl halides is 2. The fourth-order valence-electron chi connectivity index (χ4n) is 0.409. The quantitative estimate of drug-likeness (QED) is 0.404. The third kappa shape index (κ3) is 6.25. The standard InChI is InChI=1S/C6H10BrFO3/c1-2-10-3-4-11-6(9)5(7)8/h5H,2-4H2,1H3. The predicted octanol–water partition coefficient (Wildman–Crippen LogP) is 1.26. The van der Waals surface area contributed by atoms with Gasteiger partial charge in [0.15, 0.2) is 0 Å². The number of hydrogen-bond acceptors (Lipinski definition) is 3. The highest BCUT2D eigenvalue weighted by atomic mass is 79.9. The third-order valence-corrected chi connectivity index (χ3v) is 1.23. The number of rotatable bonds is 5. The van der Waals surface area contributed by atoms with E-state index in [1.807, 2.05) is 6.92 Å². The van der Waals surface area contributed by atoms with E-state index in [0.29, 0.717) is 13.2 Å². The Labute approximate surface area is 73.0 Å². The molecule has 1 atom stereocenters. The molecule has 0 saturated heterocycles. The first kappa shape index (κ1) is 10.8. The topological polar surface area (TPSA) is 35.5 Å².